The quantitative estimate of drug-likeness (QED) is 0.0971. The number of aromatic nitrogens is 5. The van der Waals surface area contributed by atoms with Gasteiger partial charge in [-0.2, -0.15) is 10.2 Å². The molecular weight excluding hydrogens is 614 g/mol. The lowest BCUT2D eigenvalue weighted by atomic mass is 10.1. The predicted molar refractivity (Wildman–Crippen MR) is 182 cm³/mol. The molecule has 0 aliphatic heterocycles. The van der Waals surface area contributed by atoms with E-state index in [-0.39, 0.29) is 11.7 Å². The highest BCUT2D eigenvalue weighted by Gasteiger charge is 2.21. The Hall–Kier alpha value is -5.88. The normalized spacial score (nSPS) is 11.0. The first kappa shape index (κ1) is 31.1. The molecule has 0 unspecified atom stereocenters. The van der Waals surface area contributed by atoms with Gasteiger partial charge in [-0.15, -0.1) is 10.2 Å². The van der Waals surface area contributed by atoms with Crippen molar-refractivity contribution in [3.63, 3.8) is 0 Å². The van der Waals surface area contributed by atoms with Crippen molar-refractivity contribution in [2.45, 2.75) is 5.16 Å². The molecule has 0 aliphatic carbocycles. The van der Waals surface area contributed by atoms with Crippen LogP contribution in [-0.4, -0.2) is 63.7 Å². The van der Waals surface area contributed by atoms with Crippen molar-refractivity contribution in [1.29, 1.82) is 0 Å². The summed E-state index contributed by atoms with van der Waals surface area (Å²) < 4.78 is 20.3. The van der Waals surface area contributed by atoms with Crippen LogP contribution in [0.1, 0.15) is 5.56 Å². The maximum Gasteiger partial charge on any atom is 0.250 e. The second kappa shape index (κ2) is 14.5. The minimum Gasteiger partial charge on any atom is -0.493 e. The molecule has 0 bridgehead atoms. The second-order valence-electron chi connectivity index (χ2n) is 10.1. The van der Waals surface area contributed by atoms with Crippen LogP contribution in [0.3, 0.4) is 0 Å². The van der Waals surface area contributed by atoms with Gasteiger partial charge in [0, 0.05) is 28.6 Å². The summed E-state index contributed by atoms with van der Waals surface area (Å²) in [5, 5.41) is 18.5. The Morgan fingerprint density at radius 1 is 0.809 bits per heavy atom. The first-order valence-electron chi connectivity index (χ1n) is 14.6. The Morgan fingerprint density at radius 3 is 2.04 bits per heavy atom. The number of rotatable bonds is 12. The van der Waals surface area contributed by atoms with E-state index in [4.69, 9.17) is 19.3 Å². The molecular formula is C35H31N7O4S. The highest BCUT2D eigenvalue weighted by Crippen LogP contribution is 2.41. The van der Waals surface area contributed by atoms with Gasteiger partial charge in [0.1, 0.15) is 5.69 Å². The van der Waals surface area contributed by atoms with Gasteiger partial charge in [-0.25, -0.2) is 10.1 Å². The van der Waals surface area contributed by atoms with Crippen LogP contribution in [0.25, 0.3) is 34.0 Å². The standard InChI is InChI=1S/C35H31N7O4S/c1-44-29-19-25(20-30(45-2)33(29)46-3)34-38-39-35(42(34)28-17-11-6-12-18-28)47-23-31(43)37-36-21-26-22-41(27-15-9-5-10-16-27)40-32(26)24-13-7-4-8-14-24/h4-22H,23H2,1-3H3,(H,37,43). The van der Waals surface area contributed by atoms with E-state index in [1.54, 1.807) is 32.2 Å². The zero-order chi connectivity index (χ0) is 32.6. The largest absolute Gasteiger partial charge is 0.493 e. The lowest BCUT2D eigenvalue weighted by Gasteiger charge is -2.15. The molecule has 0 fully saturated rings. The molecule has 6 aromatic rings. The molecule has 236 valence electrons. The number of nitrogens with one attached hydrogen (secondary N) is 1. The molecule has 0 saturated carbocycles. The average molecular weight is 646 g/mol. The fourth-order valence-electron chi connectivity index (χ4n) is 4.92. The number of hydrogen-bond acceptors (Lipinski definition) is 9. The molecule has 47 heavy (non-hydrogen) atoms. The molecule has 0 saturated heterocycles. The summed E-state index contributed by atoms with van der Waals surface area (Å²) in [6.07, 6.45) is 3.49. The minimum atomic E-state index is -0.306. The van der Waals surface area contributed by atoms with E-state index in [1.165, 1.54) is 11.8 Å². The Bertz CT molecular complexity index is 1970. The molecule has 0 radical (unpaired) electrons. The number of carbonyl (C=O) groups is 1. The predicted octanol–water partition coefficient (Wildman–Crippen LogP) is 6.06. The van der Waals surface area contributed by atoms with Gasteiger partial charge in [0.25, 0.3) is 5.91 Å². The molecule has 1 amide bonds. The number of hydrazone groups is 1. The van der Waals surface area contributed by atoms with Crippen LogP contribution < -0.4 is 19.6 Å². The van der Waals surface area contributed by atoms with E-state index >= 15 is 0 Å². The number of hydrogen-bond donors (Lipinski definition) is 1. The van der Waals surface area contributed by atoms with Crippen molar-refractivity contribution in [3.05, 3.63) is 115 Å². The summed E-state index contributed by atoms with van der Waals surface area (Å²) in [6.45, 7) is 0. The summed E-state index contributed by atoms with van der Waals surface area (Å²) in [6, 6.07) is 32.9. The lowest BCUT2D eigenvalue weighted by molar-refractivity contribution is -0.118. The van der Waals surface area contributed by atoms with Crippen molar-refractivity contribution in [2.24, 2.45) is 5.10 Å². The van der Waals surface area contributed by atoms with Gasteiger partial charge < -0.3 is 14.2 Å². The zero-order valence-corrected chi connectivity index (χ0v) is 26.7. The number of carbonyl (C=O) groups excluding carboxylic acids is 1. The average Bonchev–Trinajstić information content (AvgIpc) is 3.76. The molecule has 12 heteroatoms. The van der Waals surface area contributed by atoms with Crippen LogP contribution >= 0.6 is 11.8 Å². The number of amides is 1. The van der Waals surface area contributed by atoms with Crippen LogP contribution in [-0.2, 0) is 4.79 Å². The summed E-state index contributed by atoms with van der Waals surface area (Å²) >= 11 is 1.24. The Balaban J connectivity index is 1.22. The van der Waals surface area contributed by atoms with Crippen molar-refractivity contribution in [1.82, 2.24) is 30.0 Å². The molecule has 0 spiro atoms. The van der Waals surface area contributed by atoms with Crippen LogP contribution in [0.5, 0.6) is 17.2 Å². The highest BCUT2D eigenvalue weighted by molar-refractivity contribution is 7.99. The number of para-hydroxylation sites is 2. The molecule has 0 aliphatic rings. The summed E-state index contributed by atoms with van der Waals surface area (Å²) in [5.41, 5.74) is 7.52. The number of nitrogens with zero attached hydrogens (tertiary/aromatic N) is 6. The van der Waals surface area contributed by atoms with Gasteiger partial charge in [0.05, 0.1) is 39.0 Å². The summed E-state index contributed by atoms with van der Waals surface area (Å²) in [7, 11) is 4.67. The number of benzene rings is 4. The third kappa shape index (κ3) is 6.87. The van der Waals surface area contributed by atoms with E-state index in [0.717, 1.165) is 28.2 Å². The first-order valence-corrected chi connectivity index (χ1v) is 15.5. The Morgan fingerprint density at radius 2 is 1.43 bits per heavy atom. The van der Waals surface area contributed by atoms with Crippen LogP contribution in [0.15, 0.2) is 120 Å². The van der Waals surface area contributed by atoms with Crippen molar-refractivity contribution >= 4 is 23.9 Å². The van der Waals surface area contributed by atoms with Crippen LogP contribution in [0, 0.1) is 0 Å². The minimum absolute atomic E-state index is 0.0480. The van der Waals surface area contributed by atoms with Gasteiger partial charge in [-0.1, -0.05) is 78.5 Å². The van der Waals surface area contributed by atoms with Crippen LogP contribution in [0.4, 0.5) is 0 Å². The molecule has 2 aromatic heterocycles. The zero-order valence-electron chi connectivity index (χ0n) is 25.9. The smallest absolute Gasteiger partial charge is 0.250 e. The van der Waals surface area contributed by atoms with E-state index < -0.39 is 0 Å². The SMILES string of the molecule is COc1cc(-c2nnc(SCC(=O)NN=Cc3cn(-c4ccccc4)nc3-c3ccccc3)n2-c2ccccc2)cc(OC)c1OC. The monoisotopic (exact) mass is 645 g/mol. The maximum absolute atomic E-state index is 13.0. The third-order valence-corrected chi connectivity index (χ3v) is 8.04. The van der Waals surface area contributed by atoms with Gasteiger partial charge >= 0.3 is 0 Å². The van der Waals surface area contributed by atoms with E-state index in [9.17, 15) is 4.79 Å². The molecule has 11 nitrogen and oxygen atoms in total. The molecule has 0 atom stereocenters. The molecule has 1 N–H and O–H groups in total. The topological polar surface area (TPSA) is 118 Å². The Kier molecular flexibility index (Phi) is 9.59. The van der Waals surface area contributed by atoms with Gasteiger partial charge in [-0.3, -0.25) is 9.36 Å². The van der Waals surface area contributed by atoms with E-state index in [1.807, 2.05) is 114 Å². The van der Waals surface area contributed by atoms with E-state index in [0.29, 0.717) is 33.8 Å². The van der Waals surface area contributed by atoms with Crippen molar-refractivity contribution < 1.29 is 19.0 Å². The number of thioether (sulfide) groups is 1. The number of methoxy groups -OCH3 is 3. The van der Waals surface area contributed by atoms with Gasteiger partial charge in [0.2, 0.25) is 5.75 Å². The number of ether oxygens (including phenoxy) is 3. The molecule has 4 aromatic carbocycles. The lowest BCUT2D eigenvalue weighted by Crippen LogP contribution is -2.20. The molecule has 6 rings (SSSR count). The second-order valence-corrected chi connectivity index (χ2v) is 11.0. The third-order valence-electron chi connectivity index (χ3n) is 7.11. The van der Waals surface area contributed by atoms with E-state index in [2.05, 4.69) is 20.7 Å². The Labute approximate surface area is 275 Å². The summed E-state index contributed by atoms with van der Waals surface area (Å²) in [5.74, 6) is 1.73. The van der Waals surface area contributed by atoms with Gasteiger partial charge in [0.15, 0.2) is 22.5 Å². The van der Waals surface area contributed by atoms with Crippen molar-refractivity contribution in [2.75, 3.05) is 27.1 Å². The fraction of sp³-hybridized carbons (Fsp3) is 0.114. The molecule has 2 heterocycles. The van der Waals surface area contributed by atoms with Crippen molar-refractivity contribution in [3.8, 4) is 51.3 Å². The van der Waals surface area contributed by atoms with Gasteiger partial charge in [-0.05, 0) is 36.4 Å². The maximum atomic E-state index is 13.0. The summed E-state index contributed by atoms with van der Waals surface area (Å²) in [4.78, 5) is 13.0. The van der Waals surface area contributed by atoms with Crippen LogP contribution in [0.2, 0.25) is 0 Å². The fourth-order valence-corrected chi connectivity index (χ4v) is 5.67. The highest BCUT2D eigenvalue weighted by atomic mass is 32.2. The first-order chi connectivity index (χ1) is 23.1.